The van der Waals surface area contributed by atoms with E-state index >= 15 is 0 Å². The Morgan fingerprint density at radius 3 is 2.32 bits per heavy atom. The number of aromatic nitrogens is 3. The lowest BCUT2D eigenvalue weighted by Gasteiger charge is -2.18. The molecule has 0 radical (unpaired) electrons. The highest BCUT2D eigenvalue weighted by Gasteiger charge is 2.18. The number of amides is 1. The third-order valence-electron chi connectivity index (χ3n) is 5.58. The summed E-state index contributed by atoms with van der Waals surface area (Å²) in [6.07, 6.45) is 0. The third-order valence-corrected chi connectivity index (χ3v) is 6.50. The number of para-hydroxylation sites is 2. The van der Waals surface area contributed by atoms with Gasteiger partial charge in [0, 0.05) is 19.3 Å². The first-order valence-electron chi connectivity index (χ1n) is 11.1. The standard InChI is InChI=1S/C27H28N4O2S/c1-20-11-7-9-13-22(20)17-30(3)26(32)19-34-27-29-28-25(31(27)23-14-5-4-6-15-23)18-33-24-16-10-8-12-21(24)2/h4-16H,17-19H2,1-3H3. The summed E-state index contributed by atoms with van der Waals surface area (Å²) in [4.78, 5) is 14.6. The van der Waals surface area contributed by atoms with Gasteiger partial charge in [0.2, 0.25) is 5.91 Å². The Hall–Kier alpha value is -3.58. The number of ether oxygens (including phenoxy) is 1. The van der Waals surface area contributed by atoms with Gasteiger partial charge >= 0.3 is 0 Å². The molecule has 0 saturated carbocycles. The average Bonchev–Trinajstić information content (AvgIpc) is 3.26. The van der Waals surface area contributed by atoms with Gasteiger partial charge in [-0.1, -0.05) is 72.4 Å². The van der Waals surface area contributed by atoms with Crippen molar-refractivity contribution in [2.45, 2.75) is 32.2 Å². The minimum absolute atomic E-state index is 0.0357. The largest absolute Gasteiger partial charge is 0.485 e. The molecular formula is C27H28N4O2S. The molecule has 1 aromatic heterocycles. The molecule has 0 aliphatic carbocycles. The highest BCUT2D eigenvalue weighted by molar-refractivity contribution is 7.99. The molecule has 1 heterocycles. The molecule has 0 aliphatic heterocycles. The molecule has 0 N–H and O–H groups in total. The summed E-state index contributed by atoms with van der Waals surface area (Å²) in [5.74, 6) is 1.80. The van der Waals surface area contributed by atoms with Crippen LogP contribution in [0.3, 0.4) is 0 Å². The fraction of sp³-hybridized carbons (Fsp3) is 0.222. The Balaban J connectivity index is 1.48. The number of aryl methyl sites for hydroxylation is 2. The zero-order valence-electron chi connectivity index (χ0n) is 19.6. The third kappa shape index (κ3) is 5.66. The van der Waals surface area contributed by atoms with E-state index < -0.39 is 0 Å². The van der Waals surface area contributed by atoms with E-state index in [1.165, 1.54) is 17.3 Å². The highest BCUT2D eigenvalue weighted by Crippen LogP contribution is 2.24. The van der Waals surface area contributed by atoms with Crippen LogP contribution in [0.25, 0.3) is 5.69 Å². The van der Waals surface area contributed by atoms with Gasteiger partial charge in [0.1, 0.15) is 12.4 Å². The minimum Gasteiger partial charge on any atom is -0.485 e. The molecule has 0 atom stereocenters. The van der Waals surface area contributed by atoms with Gasteiger partial charge in [-0.3, -0.25) is 9.36 Å². The summed E-state index contributed by atoms with van der Waals surface area (Å²) < 4.78 is 7.99. The Morgan fingerprint density at radius 1 is 0.912 bits per heavy atom. The molecule has 34 heavy (non-hydrogen) atoms. The van der Waals surface area contributed by atoms with E-state index in [1.807, 2.05) is 85.3 Å². The summed E-state index contributed by atoms with van der Waals surface area (Å²) in [7, 11) is 1.83. The van der Waals surface area contributed by atoms with Crippen LogP contribution in [0.15, 0.2) is 84.0 Å². The van der Waals surface area contributed by atoms with E-state index in [9.17, 15) is 4.79 Å². The first kappa shape index (κ1) is 23.6. The van der Waals surface area contributed by atoms with Gasteiger partial charge in [0.15, 0.2) is 11.0 Å². The molecule has 174 valence electrons. The number of thioether (sulfide) groups is 1. The first-order valence-corrected chi connectivity index (χ1v) is 12.1. The summed E-state index contributed by atoms with van der Waals surface area (Å²) in [5, 5.41) is 9.42. The predicted molar refractivity (Wildman–Crippen MR) is 135 cm³/mol. The van der Waals surface area contributed by atoms with Gasteiger partial charge in [0.05, 0.1) is 5.75 Å². The van der Waals surface area contributed by atoms with Crippen LogP contribution in [-0.4, -0.2) is 38.4 Å². The summed E-state index contributed by atoms with van der Waals surface area (Å²) in [6.45, 7) is 4.92. The molecule has 0 unspecified atom stereocenters. The van der Waals surface area contributed by atoms with Crippen LogP contribution in [0, 0.1) is 13.8 Å². The van der Waals surface area contributed by atoms with Gasteiger partial charge in [0.25, 0.3) is 0 Å². The predicted octanol–water partition coefficient (Wildman–Crippen LogP) is 5.21. The summed E-state index contributed by atoms with van der Waals surface area (Å²) >= 11 is 1.38. The quantitative estimate of drug-likeness (QED) is 0.313. The molecule has 0 saturated heterocycles. The highest BCUT2D eigenvalue weighted by atomic mass is 32.2. The van der Waals surface area contributed by atoms with Gasteiger partial charge in [-0.25, -0.2) is 0 Å². The molecule has 4 aromatic rings. The van der Waals surface area contributed by atoms with Crippen LogP contribution >= 0.6 is 11.8 Å². The second kappa shape index (κ2) is 11.0. The maximum atomic E-state index is 12.9. The molecule has 7 heteroatoms. The lowest BCUT2D eigenvalue weighted by molar-refractivity contribution is -0.127. The Kier molecular flexibility index (Phi) is 7.65. The van der Waals surface area contributed by atoms with Gasteiger partial charge in [-0.2, -0.15) is 0 Å². The molecule has 0 spiro atoms. The fourth-order valence-corrected chi connectivity index (χ4v) is 4.46. The monoisotopic (exact) mass is 472 g/mol. The Bertz CT molecular complexity index is 1260. The van der Waals surface area contributed by atoms with E-state index in [1.54, 1.807) is 4.90 Å². The van der Waals surface area contributed by atoms with Crippen molar-refractivity contribution >= 4 is 17.7 Å². The molecule has 4 rings (SSSR count). The van der Waals surface area contributed by atoms with Crippen molar-refractivity contribution in [3.05, 3.63) is 101 Å². The molecule has 1 amide bonds. The van der Waals surface area contributed by atoms with Crippen molar-refractivity contribution in [1.82, 2.24) is 19.7 Å². The molecule has 3 aromatic carbocycles. The average molecular weight is 473 g/mol. The van der Waals surface area contributed by atoms with Crippen LogP contribution in [0.5, 0.6) is 5.75 Å². The molecule has 0 bridgehead atoms. The number of hydrogen-bond donors (Lipinski definition) is 0. The van der Waals surface area contributed by atoms with E-state index in [-0.39, 0.29) is 18.3 Å². The fourth-order valence-electron chi connectivity index (χ4n) is 3.55. The molecule has 0 fully saturated rings. The maximum absolute atomic E-state index is 12.9. The number of carbonyl (C=O) groups is 1. The second-order valence-corrected chi connectivity index (χ2v) is 9.03. The van der Waals surface area contributed by atoms with Gasteiger partial charge < -0.3 is 9.64 Å². The van der Waals surface area contributed by atoms with Crippen molar-refractivity contribution in [2.24, 2.45) is 0 Å². The molecule has 0 aliphatic rings. The smallest absolute Gasteiger partial charge is 0.233 e. The van der Waals surface area contributed by atoms with Crippen molar-refractivity contribution in [3.8, 4) is 11.4 Å². The van der Waals surface area contributed by atoms with E-state index in [0.717, 1.165) is 22.6 Å². The lowest BCUT2D eigenvalue weighted by Crippen LogP contribution is -2.28. The number of benzene rings is 3. The van der Waals surface area contributed by atoms with Crippen LogP contribution in [0.4, 0.5) is 0 Å². The second-order valence-electron chi connectivity index (χ2n) is 8.09. The Labute approximate surface area is 204 Å². The van der Waals surface area contributed by atoms with E-state index in [4.69, 9.17) is 4.74 Å². The number of hydrogen-bond acceptors (Lipinski definition) is 5. The zero-order valence-corrected chi connectivity index (χ0v) is 20.5. The van der Waals surface area contributed by atoms with Crippen LogP contribution < -0.4 is 4.74 Å². The summed E-state index contributed by atoms with van der Waals surface area (Å²) in [5.41, 5.74) is 4.31. The van der Waals surface area contributed by atoms with Crippen molar-refractivity contribution < 1.29 is 9.53 Å². The van der Waals surface area contributed by atoms with Crippen molar-refractivity contribution in [1.29, 1.82) is 0 Å². The molecular weight excluding hydrogens is 444 g/mol. The van der Waals surface area contributed by atoms with Crippen LogP contribution in [0.1, 0.15) is 22.5 Å². The molecule has 6 nitrogen and oxygen atoms in total. The number of nitrogens with zero attached hydrogens (tertiary/aromatic N) is 4. The van der Waals surface area contributed by atoms with E-state index in [2.05, 4.69) is 29.3 Å². The SMILES string of the molecule is Cc1ccccc1CN(C)C(=O)CSc1nnc(COc2ccccc2C)n1-c1ccccc1. The van der Waals surface area contributed by atoms with Gasteiger partial charge in [-0.15, -0.1) is 10.2 Å². The van der Waals surface area contributed by atoms with Crippen molar-refractivity contribution in [3.63, 3.8) is 0 Å². The lowest BCUT2D eigenvalue weighted by atomic mass is 10.1. The minimum atomic E-state index is 0.0357. The zero-order chi connectivity index (χ0) is 23.9. The van der Waals surface area contributed by atoms with E-state index in [0.29, 0.717) is 17.5 Å². The van der Waals surface area contributed by atoms with Gasteiger partial charge in [-0.05, 0) is 48.7 Å². The first-order chi connectivity index (χ1) is 16.5. The maximum Gasteiger partial charge on any atom is 0.233 e. The Morgan fingerprint density at radius 2 is 1.59 bits per heavy atom. The van der Waals surface area contributed by atoms with Crippen molar-refractivity contribution in [2.75, 3.05) is 12.8 Å². The van der Waals surface area contributed by atoms with Crippen LogP contribution in [-0.2, 0) is 17.9 Å². The normalized spacial score (nSPS) is 10.8. The topological polar surface area (TPSA) is 60.3 Å². The summed E-state index contributed by atoms with van der Waals surface area (Å²) in [6, 6.07) is 25.9. The number of rotatable bonds is 9. The number of carbonyl (C=O) groups excluding carboxylic acids is 1. The van der Waals surface area contributed by atoms with Crippen LogP contribution in [0.2, 0.25) is 0 Å².